The van der Waals surface area contributed by atoms with Crippen molar-refractivity contribution in [3.05, 3.63) is 11.9 Å². The quantitative estimate of drug-likeness (QED) is 0.689. The maximum absolute atomic E-state index is 5.48. The summed E-state index contributed by atoms with van der Waals surface area (Å²) in [7, 11) is 0. The van der Waals surface area contributed by atoms with Gasteiger partial charge in [0, 0.05) is 16.8 Å². The fourth-order valence-electron chi connectivity index (χ4n) is 1.03. The lowest BCUT2D eigenvalue weighted by molar-refractivity contribution is 1.02. The highest BCUT2D eigenvalue weighted by molar-refractivity contribution is 8.17. The molecule has 1 aromatic heterocycles. The Hall–Kier alpha value is -0.420. The van der Waals surface area contributed by atoms with Crippen LogP contribution < -0.4 is 5.73 Å². The number of thioether (sulfide) groups is 2. The normalized spacial score (nSPS) is 21.9. The van der Waals surface area contributed by atoms with Crippen LogP contribution in [0.25, 0.3) is 0 Å². The largest absolute Gasteiger partial charge is 0.368 e. The maximum atomic E-state index is 5.48. The first-order valence-corrected chi connectivity index (χ1v) is 5.58. The number of hydrogen-bond donors (Lipinski definition) is 1. The number of nitrogens with two attached hydrogens (primary N) is 1. The summed E-state index contributed by atoms with van der Waals surface area (Å²) >= 11 is 3.69. The molecule has 0 aromatic carbocycles. The van der Waals surface area contributed by atoms with E-state index in [1.54, 1.807) is 11.8 Å². The van der Waals surface area contributed by atoms with E-state index in [1.807, 2.05) is 18.0 Å². The van der Waals surface area contributed by atoms with Crippen molar-refractivity contribution in [2.75, 3.05) is 5.73 Å². The average molecular weight is 199 g/mol. The smallest absolute Gasteiger partial charge is 0.220 e. The first-order valence-electron chi connectivity index (χ1n) is 3.65. The summed E-state index contributed by atoms with van der Waals surface area (Å²) in [6, 6.07) is 0. The second-order valence-corrected chi connectivity index (χ2v) is 5.55. The molecule has 0 fully saturated rings. The van der Waals surface area contributed by atoms with E-state index >= 15 is 0 Å². The van der Waals surface area contributed by atoms with E-state index in [1.165, 1.54) is 4.90 Å². The van der Waals surface area contributed by atoms with Crippen LogP contribution in [0, 0.1) is 0 Å². The summed E-state index contributed by atoms with van der Waals surface area (Å²) in [5, 5.41) is 0. The molecule has 1 aliphatic heterocycles. The third kappa shape index (κ3) is 1.51. The van der Waals surface area contributed by atoms with Crippen molar-refractivity contribution in [3.63, 3.8) is 0 Å². The number of nitrogen functional groups attached to an aromatic ring is 1. The lowest BCUT2D eigenvalue weighted by atomic mass is 10.4. The van der Waals surface area contributed by atoms with Crippen LogP contribution in [0.15, 0.2) is 11.1 Å². The Kier molecular flexibility index (Phi) is 2.14. The number of aromatic nitrogens is 2. The molecule has 0 radical (unpaired) electrons. The standard InChI is InChI=1S/C7H9N3S2/c1-4-11-3-5-6(12-4)2-9-7(8)10-5/h2,4H,3H2,1H3,(H2,8,9,10). The molecule has 0 saturated heterocycles. The fraction of sp³-hybridized carbons (Fsp3) is 0.429. The van der Waals surface area contributed by atoms with Crippen LogP contribution in [-0.2, 0) is 5.75 Å². The van der Waals surface area contributed by atoms with Crippen LogP contribution in [0.3, 0.4) is 0 Å². The van der Waals surface area contributed by atoms with Crippen molar-refractivity contribution in [2.45, 2.75) is 22.2 Å². The molecule has 0 spiro atoms. The Morgan fingerprint density at radius 3 is 3.33 bits per heavy atom. The Morgan fingerprint density at radius 2 is 2.50 bits per heavy atom. The highest BCUT2D eigenvalue weighted by atomic mass is 32.2. The van der Waals surface area contributed by atoms with Crippen LogP contribution >= 0.6 is 23.5 Å². The Bertz CT molecular complexity index is 303. The minimum Gasteiger partial charge on any atom is -0.368 e. The minimum atomic E-state index is 0.379. The summed E-state index contributed by atoms with van der Waals surface area (Å²) in [4.78, 5) is 9.31. The highest BCUT2D eigenvalue weighted by Gasteiger charge is 2.17. The topological polar surface area (TPSA) is 51.8 Å². The van der Waals surface area contributed by atoms with Crippen molar-refractivity contribution in [3.8, 4) is 0 Å². The van der Waals surface area contributed by atoms with Gasteiger partial charge in [-0.3, -0.25) is 0 Å². The minimum absolute atomic E-state index is 0.379. The zero-order chi connectivity index (χ0) is 8.55. The number of rotatable bonds is 0. The van der Waals surface area contributed by atoms with Crippen molar-refractivity contribution in [1.82, 2.24) is 9.97 Å². The van der Waals surface area contributed by atoms with Gasteiger partial charge < -0.3 is 5.73 Å². The number of anilines is 1. The van der Waals surface area contributed by atoms with Crippen molar-refractivity contribution >= 4 is 29.5 Å². The molecule has 1 atom stereocenters. The molecule has 0 saturated carbocycles. The molecular formula is C7H9N3S2. The molecule has 0 aliphatic carbocycles. The fourth-order valence-corrected chi connectivity index (χ4v) is 3.25. The van der Waals surface area contributed by atoms with Gasteiger partial charge in [-0.15, -0.1) is 23.5 Å². The van der Waals surface area contributed by atoms with E-state index in [0.29, 0.717) is 10.5 Å². The van der Waals surface area contributed by atoms with E-state index in [4.69, 9.17) is 5.73 Å². The molecule has 64 valence electrons. The Labute approximate surface area is 79.5 Å². The van der Waals surface area contributed by atoms with E-state index < -0.39 is 0 Å². The van der Waals surface area contributed by atoms with Gasteiger partial charge in [-0.1, -0.05) is 0 Å². The lowest BCUT2D eigenvalue weighted by Gasteiger charge is -2.18. The second kappa shape index (κ2) is 3.14. The van der Waals surface area contributed by atoms with E-state index in [-0.39, 0.29) is 0 Å². The molecule has 2 heterocycles. The molecule has 2 N–H and O–H groups in total. The van der Waals surface area contributed by atoms with Crippen LogP contribution in [0.1, 0.15) is 12.6 Å². The summed E-state index contributed by atoms with van der Waals surface area (Å²) < 4.78 is 0.602. The molecule has 1 unspecified atom stereocenters. The monoisotopic (exact) mass is 199 g/mol. The predicted molar refractivity (Wildman–Crippen MR) is 53.1 cm³/mol. The van der Waals surface area contributed by atoms with E-state index in [9.17, 15) is 0 Å². The molecule has 1 aliphatic rings. The molecule has 1 aromatic rings. The number of nitrogens with zero attached hydrogens (tertiary/aromatic N) is 2. The van der Waals surface area contributed by atoms with E-state index in [2.05, 4.69) is 16.9 Å². The van der Waals surface area contributed by atoms with Gasteiger partial charge in [0.25, 0.3) is 0 Å². The Morgan fingerprint density at radius 1 is 1.67 bits per heavy atom. The maximum Gasteiger partial charge on any atom is 0.220 e. The molecule has 0 bridgehead atoms. The third-order valence-corrected chi connectivity index (χ3v) is 4.13. The lowest BCUT2D eigenvalue weighted by Crippen LogP contribution is -2.06. The molecule has 0 amide bonds. The first-order chi connectivity index (χ1) is 5.75. The molecule has 3 nitrogen and oxygen atoms in total. The molecule has 12 heavy (non-hydrogen) atoms. The number of hydrogen-bond acceptors (Lipinski definition) is 5. The summed E-state index contributed by atoms with van der Waals surface area (Å²) in [5.41, 5.74) is 6.56. The van der Waals surface area contributed by atoms with Gasteiger partial charge in [-0.2, -0.15) is 0 Å². The summed E-state index contributed by atoms with van der Waals surface area (Å²) in [6.07, 6.45) is 1.82. The summed E-state index contributed by atoms with van der Waals surface area (Å²) in [5.74, 6) is 1.33. The zero-order valence-electron chi connectivity index (χ0n) is 6.65. The van der Waals surface area contributed by atoms with Crippen molar-refractivity contribution in [2.24, 2.45) is 0 Å². The van der Waals surface area contributed by atoms with Gasteiger partial charge >= 0.3 is 0 Å². The van der Waals surface area contributed by atoms with Crippen LogP contribution in [0.2, 0.25) is 0 Å². The van der Waals surface area contributed by atoms with E-state index in [0.717, 1.165) is 11.4 Å². The van der Waals surface area contributed by atoms with Gasteiger partial charge in [0.1, 0.15) is 0 Å². The predicted octanol–water partition coefficient (Wildman–Crippen LogP) is 1.74. The van der Waals surface area contributed by atoms with Gasteiger partial charge in [-0.25, -0.2) is 9.97 Å². The first kappa shape index (κ1) is 8.19. The average Bonchev–Trinajstić information content (AvgIpc) is 2.05. The highest BCUT2D eigenvalue weighted by Crippen LogP contribution is 2.39. The van der Waals surface area contributed by atoms with Gasteiger partial charge in [0.05, 0.1) is 10.3 Å². The second-order valence-electron chi connectivity index (χ2n) is 2.54. The third-order valence-electron chi connectivity index (χ3n) is 1.60. The van der Waals surface area contributed by atoms with Crippen LogP contribution in [0.4, 0.5) is 5.95 Å². The number of fused-ring (bicyclic) bond motifs is 1. The van der Waals surface area contributed by atoms with Crippen LogP contribution in [-0.4, -0.2) is 14.5 Å². The van der Waals surface area contributed by atoms with Crippen molar-refractivity contribution < 1.29 is 0 Å². The van der Waals surface area contributed by atoms with Crippen LogP contribution in [0.5, 0.6) is 0 Å². The van der Waals surface area contributed by atoms with Gasteiger partial charge in [-0.05, 0) is 6.92 Å². The van der Waals surface area contributed by atoms with Gasteiger partial charge in [0.2, 0.25) is 5.95 Å². The van der Waals surface area contributed by atoms with Gasteiger partial charge in [0.15, 0.2) is 0 Å². The molecule has 2 rings (SSSR count). The van der Waals surface area contributed by atoms with Crippen molar-refractivity contribution in [1.29, 1.82) is 0 Å². The zero-order valence-corrected chi connectivity index (χ0v) is 8.28. The molecular weight excluding hydrogens is 190 g/mol. The molecule has 5 heteroatoms. The SMILES string of the molecule is CC1SCc2nc(N)ncc2S1. The Balaban J connectivity index is 2.37. The summed E-state index contributed by atoms with van der Waals surface area (Å²) in [6.45, 7) is 2.19.